The summed E-state index contributed by atoms with van der Waals surface area (Å²) in [6.45, 7) is 1.34. The van der Waals surface area contributed by atoms with Gasteiger partial charge in [-0.15, -0.1) is 0 Å². The van der Waals surface area contributed by atoms with Crippen LogP contribution in [0.15, 0.2) is 36.7 Å². The molecule has 132 valence electrons. The standard InChI is InChI=1S/C17H20N4O4/c1-24-9-3-8-18-17-19-10-13(11-20-17)15(22)21-14-6-4-12(5-7-14)16(23)25-2/h4-7,10-11H,3,8-9H2,1-2H3,(H,21,22)(H,18,19,20). The Morgan fingerprint density at radius 2 is 1.72 bits per heavy atom. The predicted octanol–water partition coefficient (Wildman–Crippen LogP) is 1.96. The number of rotatable bonds is 8. The molecule has 0 bridgehead atoms. The van der Waals surface area contributed by atoms with Crippen LogP contribution in [0.5, 0.6) is 0 Å². The monoisotopic (exact) mass is 344 g/mol. The summed E-state index contributed by atoms with van der Waals surface area (Å²) >= 11 is 0. The lowest BCUT2D eigenvalue weighted by molar-refractivity contribution is 0.0600. The van der Waals surface area contributed by atoms with E-state index in [1.54, 1.807) is 31.4 Å². The quantitative estimate of drug-likeness (QED) is 0.557. The van der Waals surface area contributed by atoms with Crippen LogP contribution >= 0.6 is 0 Å². The number of hydrogen-bond donors (Lipinski definition) is 2. The van der Waals surface area contributed by atoms with Crippen LogP contribution in [0, 0.1) is 0 Å². The zero-order valence-electron chi connectivity index (χ0n) is 14.1. The number of carbonyl (C=O) groups is 2. The first-order chi connectivity index (χ1) is 12.1. The van der Waals surface area contributed by atoms with Crippen LogP contribution in [0.2, 0.25) is 0 Å². The lowest BCUT2D eigenvalue weighted by Crippen LogP contribution is -2.14. The lowest BCUT2D eigenvalue weighted by atomic mass is 10.2. The molecule has 8 nitrogen and oxygen atoms in total. The second-order valence-electron chi connectivity index (χ2n) is 5.09. The number of hydrogen-bond acceptors (Lipinski definition) is 7. The summed E-state index contributed by atoms with van der Waals surface area (Å²) in [4.78, 5) is 31.8. The maximum Gasteiger partial charge on any atom is 0.337 e. The molecule has 0 aliphatic rings. The second kappa shape index (κ2) is 9.33. The molecule has 0 aliphatic carbocycles. The third kappa shape index (κ3) is 5.54. The molecule has 0 saturated heterocycles. The summed E-state index contributed by atoms with van der Waals surface area (Å²) < 4.78 is 9.58. The molecule has 0 aliphatic heterocycles. The molecule has 1 heterocycles. The Balaban J connectivity index is 1.91. The van der Waals surface area contributed by atoms with Crippen LogP contribution in [0.25, 0.3) is 0 Å². The molecule has 1 amide bonds. The number of carbonyl (C=O) groups excluding carboxylic acids is 2. The highest BCUT2D eigenvalue weighted by Crippen LogP contribution is 2.12. The zero-order chi connectivity index (χ0) is 18.1. The molecule has 0 saturated carbocycles. The highest BCUT2D eigenvalue weighted by atomic mass is 16.5. The van der Waals surface area contributed by atoms with Gasteiger partial charge in [0.15, 0.2) is 0 Å². The first-order valence-corrected chi connectivity index (χ1v) is 7.68. The molecule has 2 aromatic rings. The van der Waals surface area contributed by atoms with E-state index in [9.17, 15) is 9.59 Å². The van der Waals surface area contributed by atoms with Gasteiger partial charge in [-0.1, -0.05) is 0 Å². The minimum atomic E-state index is -0.431. The van der Waals surface area contributed by atoms with Crippen molar-refractivity contribution in [3.8, 4) is 0 Å². The SMILES string of the molecule is COCCCNc1ncc(C(=O)Nc2ccc(C(=O)OC)cc2)cn1. The number of esters is 1. The third-order valence-corrected chi connectivity index (χ3v) is 3.29. The van der Waals surface area contributed by atoms with Gasteiger partial charge in [0.25, 0.3) is 5.91 Å². The average molecular weight is 344 g/mol. The molecule has 0 radical (unpaired) electrons. The van der Waals surface area contributed by atoms with Crippen molar-refractivity contribution in [3.63, 3.8) is 0 Å². The number of amides is 1. The van der Waals surface area contributed by atoms with Crippen molar-refractivity contribution in [2.75, 3.05) is 38.0 Å². The first kappa shape index (κ1) is 18.3. The fraction of sp³-hybridized carbons (Fsp3) is 0.294. The Morgan fingerprint density at radius 1 is 1.04 bits per heavy atom. The molecule has 0 spiro atoms. The van der Waals surface area contributed by atoms with Crippen LogP contribution in [0.1, 0.15) is 27.1 Å². The van der Waals surface area contributed by atoms with E-state index >= 15 is 0 Å². The van der Waals surface area contributed by atoms with Crippen molar-refractivity contribution in [1.82, 2.24) is 9.97 Å². The van der Waals surface area contributed by atoms with Crippen molar-refractivity contribution < 1.29 is 19.1 Å². The second-order valence-corrected chi connectivity index (χ2v) is 5.09. The van der Waals surface area contributed by atoms with Gasteiger partial charge in [-0.25, -0.2) is 14.8 Å². The van der Waals surface area contributed by atoms with E-state index < -0.39 is 5.97 Å². The van der Waals surface area contributed by atoms with Crippen LogP contribution < -0.4 is 10.6 Å². The summed E-state index contributed by atoms with van der Waals surface area (Å²) in [5, 5.41) is 5.75. The molecule has 0 unspecified atom stereocenters. The maximum absolute atomic E-state index is 12.2. The largest absolute Gasteiger partial charge is 0.465 e. The van der Waals surface area contributed by atoms with Gasteiger partial charge in [-0.05, 0) is 30.7 Å². The number of methoxy groups -OCH3 is 2. The minimum absolute atomic E-state index is 0.333. The van der Waals surface area contributed by atoms with Gasteiger partial charge in [-0.2, -0.15) is 0 Å². The number of nitrogens with zero attached hydrogens (tertiary/aromatic N) is 2. The highest BCUT2D eigenvalue weighted by molar-refractivity contribution is 6.04. The Kier molecular flexibility index (Phi) is 6.85. The van der Waals surface area contributed by atoms with Gasteiger partial charge in [0.2, 0.25) is 5.95 Å². The Hall–Kier alpha value is -3.00. The number of benzene rings is 1. The van der Waals surface area contributed by atoms with Crippen molar-refractivity contribution >= 4 is 23.5 Å². The van der Waals surface area contributed by atoms with Crippen LogP contribution in [0.4, 0.5) is 11.6 Å². The van der Waals surface area contributed by atoms with E-state index in [2.05, 4.69) is 25.3 Å². The summed E-state index contributed by atoms with van der Waals surface area (Å²) in [5.41, 5.74) is 1.30. The third-order valence-electron chi connectivity index (χ3n) is 3.29. The summed E-state index contributed by atoms with van der Waals surface area (Å²) in [5.74, 6) is -0.313. The Morgan fingerprint density at radius 3 is 2.32 bits per heavy atom. The van der Waals surface area contributed by atoms with Crippen LogP contribution in [-0.4, -0.2) is 49.2 Å². The normalized spacial score (nSPS) is 10.2. The topological polar surface area (TPSA) is 102 Å². The van der Waals surface area contributed by atoms with Gasteiger partial charge in [0, 0.05) is 38.3 Å². The molecular weight excluding hydrogens is 324 g/mol. The van der Waals surface area contributed by atoms with Crippen molar-refractivity contribution in [2.24, 2.45) is 0 Å². The fourth-order valence-corrected chi connectivity index (χ4v) is 1.96. The predicted molar refractivity (Wildman–Crippen MR) is 92.7 cm³/mol. The first-order valence-electron chi connectivity index (χ1n) is 7.68. The van der Waals surface area contributed by atoms with E-state index in [0.717, 1.165) is 6.42 Å². The van der Waals surface area contributed by atoms with E-state index in [1.807, 2.05) is 0 Å². The zero-order valence-corrected chi connectivity index (χ0v) is 14.1. The van der Waals surface area contributed by atoms with Gasteiger partial charge in [0.05, 0.1) is 18.2 Å². The highest BCUT2D eigenvalue weighted by Gasteiger charge is 2.09. The van der Waals surface area contributed by atoms with Crippen molar-refractivity contribution in [1.29, 1.82) is 0 Å². The molecular formula is C17H20N4O4. The minimum Gasteiger partial charge on any atom is -0.465 e. The summed E-state index contributed by atoms with van der Waals surface area (Å²) in [7, 11) is 2.96. The number of anilines is 2. The van der Waals surface area contributed by atoms with Crippen molar-refractivity contribution in [3.05, 3.63) is 47.8 Å². The molecule has 0 atom stereocenters. The maximum atomic E-state index is 12.2. The number of aromatic nitrogens is 2. The average Bonchev–Trinajstić information content (AvgIpc) is 2.65. The molecule has 1 aromatic heterocycles. The molecule has 2 N–H and O–H groups in total. The van der Waals surface area contributed by atoms with Crippen LogP contribution in [0.3, 0.4) is 0 Å². The van der Waals surface area contributed by atoms with Gasteiger partial charge >= 0.3 is 5.97 Å². The Labute approximate surface area is 145 Å². The molecule has 0 fully saturated rings. The summed E-state index contributed by atoms with van der Waals surface area (Å²) in [6, 6.07) is 6.39. The van der Waals surface area contributed by atoms with E-state index in [1.165, 1.54) is 19.5 Å². The Bertz CT molecular complexity index is 702. The van der Waals surface area contributed by atoms with Gasteiger partial charge in [-0.3, -0.25) is 4.79 Å². The van der Waals surface area contributed by atoms with E-state index in [0.29, 0.717) is 35.9 Å². The summed E-state index contributed by atoms with van der Waals surface area (Å²) in [6.07, 6.45) is 3.73. The van der Waals surface area contributed by atoms with E-state index in [4.69, 9.17) is 4.74 Å². The molecule has 25 heavy (non-hydrogen) atoms. The van der Waals surface area contributed by atoms with Gasteiger partial charge < -0.3 is 20.1 Å². The number of nitrogens with one attached hydrogen (secondary N) is 2. The van der Waals surface area contributed by atoms with Crippen molar-refractivity contribution in [2.45, 2.75) is 6.42 Å². The molecule has 1 aromatic carbocycles. The number of ether oxygens (including phenoxy) is 2. The molecule has 8 heteroatoms. The lowest BCUT2D eigenvalue weighted by Gasteiger charge is -2.07. The fourth-order valence-electron chi connectivity index (χ4n) is 1.96. The van der Waals surface area contributed by atoms with Gasteiger partial charge in [0.1, 0.15) is 0 Å². The van der Waals surface area contributed by atoms with E-state index in [-0.39, 0.29) is 5.91 Å². The molecule has 2 rings (SSSR count). The van der Waals surface area contributed by atoms with Crippen LogP contribution in [-0.2, 0) is 9.47 Å². The smallest absolute Gasteiger partial charge is 0.337 e.